The van der Waals surface area contributed by atoms with E-state index in [1.54, 1.807) is 12.1 Å². The van der Waals surface area contributed by atoms with Gasteiger partial charge in [-0.3, -0.25) is 20.2 Å². The van der Waals surface area contributed by atoms with E-state index >= 15 is 0 Å². The van der Waals surface area contributed by atoms with Gasteiger partial charge >= 0.3 is 0 Å². The Morgan fingerprint density at radius 1 is 1.27 bits per heavy atom. The second-order valence-corrected chi connectivity index (χ2v) is 6.27. The van der Waals surface area contributed by atoms with E-state index in [1.165, 1.54) is 6.08 Å². The lowest BCUT2D eigenvalue weighted by Crippen LogP contribution is -2.51. The predicted octanol–water partition coefficient (Wildman–Crippen LogP) is 2.14. The third kappa shape index (κ3) is 3.74. The standard InChI is InChI=1S/C14H8Br2N2O3S/c1-2-3-21-11-7(4-8(15)6-10(11)16)5-9-12(19)17-14(22)18-13(9)20/h1,4-6H,3H2,(H2,17,18,19,20,22). The Morgan fingerprint density at radius 3 is 2.50 bits per heavy atom. The number of carbonyl (C=O) groups is 2. The van der Waals surface area contributed by atoms with Crippen molar-refractivity contribution in [3.8, 4) is 18.1 Å². The van der Waals surface area contributed by atoms with Gasteiger partial charge in [0, 0.05) is 10.0 Å². The molecule has 0 aromatic heterocycles. The fourth-order valence-electron chi connectivity index (χ4n) is 1.72. The molecule has 1 fully saturated rings. The van der Waals surface area contributed by atoms with E-state index < -0.39 is 11.8 Å². The van der Waals surface area contributed by atoms with Gasteiger partial charge in [0.2, 0.25) is 0 Å². The molecule has 22 heavy (non-hydrogen) atoms. The molecule has 2 rings (SSSR count). The van der Waals surface area contributed by atoms with Gasteiger partial charge in [0.05, 0.1) is 4.47 Å². The number of ether oxygens (including phenoxy) is 1. The zero-order chi connectivity index (χ0) is 16.3. The van der Waals surface area contributed by atoms with Gasteiger partial charge in [-0.05, 0) is 46.4 Å². The van der Waals surface area contributed by atoms with Gasteiger partial charge < -0.3 is 4.74 Å². The molecule has 5 nitrogen and oxygen atoms in total. The van der Waals surface area contributed by atoms with Gasteiger partial charge in [0.25, 0.3) is 11.8 Å². The average Bonchev–Trinajstić information content (AvgIpc) is 2.41. The highest BCUT2D eigenvalue weighted by molar-refractivity contribution is 9.11. The van der Waals surface area contributed by atoms with Gasteiger partial charge in [0.15, 0.2) is 5.11 Å². The quantitative estimate of drug-likeness (QED) is 0.325. The summed E-state index contributed by atoms with van der Waals surface area (Å²) in [6, 6.07) is 3.47. The molecule has 2 N–H and O–H groups in total. The van der Waals surface area contributed by atoms with Crippen molar-refractivity contribution in [1.82, 2.24) is 10.6 Å². The van der Waals surface area contributed by atoms with Crippen LogP contribution in [0.2, 0.25) is 0 Å². The summed E-state index contributed by atoms with van der Waals surface area (Å²) in [4.78, 5) is 23.8. The van der Waals surface area contributed by atoms with Gasteiger partial charge in [-0.1, -0.05) is 21.9 Å². The van der Waals surface area contributed by atoms with Crippen LogP contribution in [0.5, 0.6) is 5.75 Å². The molecule has 0 radical (unpaired) electrons. The zero-order valence-electron chi connectivity index (χ0n) is 10.9. The summed E-state index contributed by atoms with van der Waals surface area (Å²) < 4.78 is 6.84. The molecule has 0 atom stereocenters. The molecule has 1 heterocycles. The third-order valence-corrected chi connectivity index (χ3v) is 3.83. The first kappa shape index (κ1) is 16.7. The van der Waals surface area contributed by atoms with Crippen LogP contribution >= 0.6 is 44.1 Å². The van der Waals surface area contributed by atoms with Crippen LogP contribution in [0.4, 0.5) is 0 Å². The maximum Gasteiger partial charge on any atom is 0.263 e. The summed E-state index contributed by atoms with van der Waals surface area (Å²) in [5, 5.41) is 4.71. The van der Waals surface area contributed by atoms with Gasteiger partial charge in [-0.15, -0.1) is 6.42 Å². The Balaban J connectivity index is 2.49. The molecule has 1 saturated heterocycles. The van der Waals surface area contributed by atoms with E-state index in [1.807, 2.05) is 0 Å². The van der Waals surface area contributed by atoms with Crippen molar-refractivity contribution in [2.45, 2.75) is 0 Å². The largest absolute Gasteiger partial charge is 0.479 e. The van der Waals surface area contributed by atoms with Crippen LogP contribution in [0.3, 0.4) is 0 Å². The highest BCUT2D eigenvalue weighted by Crippen LogP contribution is 2.34. The lowest BCUT2D eigenvalue weighted by molar-refractivity contribution is -0.123. The normalized spacial score (nSPS) is 14.0. The van der Waals surface area contributed by atoms with Crippen LogP contribution in [0.1, 0.15) is 5.56 Å². The maximum absolute atomic E-state index is 11.9. The maximum atomic E-state index is 11.9. The Morgan fingerprint density at radius 2 is 1.91 bits per heavy atom. The van der Waals surface area contributed by atoms with E-state index in [0.29, 0.717) is 15.8 Å². The van der Waals surface area contributed by atoms with Crippen LogP contribution in [0.15, 0.2) is 26.7 Å². The number of halogens is 2. The first-order valence-electron chi connectivity index (χ1n) is 5.86. The second kappa shape index (κ2) is 7.05. The molecule has 0 aliphatic carbocycles. The summed E-state index contributed by atoms with van der Waals surface area (Å²) in [5.74, 6) is 1.64. The van der Waals surface area contributed by atoms with Crippen molar-refractivity contribution in [3.05, 3.63) is 32.2 Å². The first-order valence-corrected chi connectivity index (χ1v) is 7.85. The summed E-state index contributed by atoms with van der Waals surface area (Å²) in [7, 11) is 0. The molecule has 1 aliphatic heterocycles. The van der Waals surface area contributed by atoms with Crippen LogP contribution in [0.25, 0.3) is 6.08 Å². The molecule has 0 bridgehead atoms. The van der Waals surface area contributed by atoms with Crippen LogP contribution in [-0.4, -0.2) is 23.5 Å². The Bertz CT molecular complexity index is 731. The van der Waals surface area contributed by atoms with Gasteiger partial charge in [-0.2, -0.15) is 0 Å². The minimum Gasteiger partial charge on any atom is -0.479 e. The SMILES string of the molecule is C#CCOc1c(Br)cc(Br)cc1C=C1C(=O)NC(=S)NC1=O. The molecule has 1 aliphatic rings. The van der Waals surface area contributed by atoms with Crippen molar-refractivity contribution < 1.29 is 14.3 Å². The number of amides is 2. The molecule has 2 amide bonds. The second-order valence-electron chi connectivity index (χ2n) is 4.09. The molecule has 0 spiro atoms. The first-order chi connectivity index (χ1) is 10.4. The summed E-state index contributed by atoms with van der Waals surface area (Å²) >= 11 is 11.5. The average molecular weight is 444 g/mol. The molecular weight excluding hydrogens is 436 g/mol. The highest BCUT2D eigenvalue weighted by atomic mass is 79.9. The molecule has 0 unspecified atom stereocenters. The van der Waals surface area contributed by atoms with Crippen LogP contribution in [-0.2, 0) is 9.59 Å². The van der Waals surface area contributed by atoms with Crippen molar-refractivity contribution in [2.75, 3.05) is 6.61 Å². The molecular formula is C14H8Br2N2O3S. The smallest absolute Gasteiger partial charge is 0.263 e. The Hall–Kier alpha value is -1.69. The van der Waals surface area contributed by atoms with E-state index in [2.05, 4.69) is 48.4 Å². The lowest BCUT2D eigenvalue weighted by Gasteiger charge is -2.17. The Kier molecular flexibility index (Phi) is 5.34. The number of terminal acetylenes is 1. The number of nitrogens with one attached hydrogen (secondary N) is 2. The number of carbonyl (C=O) groups excluding carboxylic acids is 2. The lowest BCUT2D eigenvalue weighted by atomic mass is 10.1. The fourth-order valence-corrected chi connectivity index (χ4v) is 3.27. The topological polar surface area (TPSA) is 67.4 Å². The number of rotatable bonds is 3. The summed E-state index contributed by atoms with van der Waals surface area (Å²) in [6.07, 6.45) is 6.60. The van der Waals surface area contributed by atoms with Crippen molar-refractivity contribution in [2.24, 2.45) is 0 Å². The third-order valence-electron chi connectivity index (χ3n) is 2.58. The van der Waals surface area contributed by atoms with Gasteiger partial charge in [-0.25, -0.2) is 0 Å². The van der Waals surface area contributed by atoms with E-state index in [0.717, 1.165) is 4.47 Å². The fraction of sp³-hybridized carbons (Fsp3) is 0.0714. The minimum absolute atomic E-state index is 0.0219. The number of thiocarbonyl (C=S) groups is 1. The molecule has 8 heteroatoms. The minimum atomic E-state index is -0.576. The number of hydrogen-bond donors (Lipinski definition) is 2. The predicted molar refractivity (Wildman–Crippen MR) is 93.0 cm³/mol. The van der Waals surface area contributed by atoms with Crippen LogP contribution in [0, 0.1) is 12.3 Å². The van der Waals surface area contributed by atoms with Crippen LogP contribution < -0.4 is 15.4 Å². The van der Waals surface area contributed by atoms with Crippen molar-refractivity contribution in [1.29, 1.82) is 0 Å². The monoisotopic (exact) mass is 442 g/mol. The summed E-state index contributed by atoms with van der Waals surface area (Å²) in [6.45, 7) is 0.0544. The van der Waals surface area contributed by atoms with E-state index in [9.17, 15) is 9.59 Å². The summed E-state index contributed by atoms with van der Waals surface area (Å²) in [5.41, 5.74) is 0.439. The zero-order valence-corrected chi connectivity index (χ0v) is 14.9. The van der Waals surface area contributed by atoms with Crippen molar-refractivity contribution >= 4 is 67.1 Å². The molecule has 1 aromatic rings. The highest BCUT2D eigenvalue weighted by Gasteiger charge is 2.26. The van der Waals surface area contributed by atoms with Gasteiger partial charge in [0.1, 0.15) is 17.9 Å². The molecule has 1 aromatic carbocycles. The van der Waals surface area contributed by atoms with E-state index in [4.69, 9.17) is 23.4 Å². The molecule has 0 saturated carbocycles. The Labute approximate surface area is 148 Å². The molecule has 112 valence electrons. The number of hydrogen-bond acceptors (Lipinski definition) is 4. The van der Waals surface area contributed by atoms with E-state index in [-0.39, 0.29) is 17.3 Å². The van der Waals surface area contributed by atoms with Crippen molar-refractivity contribution in [3.63, 3.8) is 0 Å². The number of benzene rings is 1.